The molecule has 2 aromatic rings. The highest BCUT2D eigenvalue weighted by Gasteiger charge is 2.32. The van der Waals surface area contributed by atoms with Gasteiger partial charge in [-0.15, -0.1) is 13.2 Å². The molecule has 1 aromatic heterocycles. The van der Waals surface area contributed by atoms with Gasteiger partial charge in [-0.2, -0.15) is 13.2 Å². The maximum Gasteiger partial charge on any atom is 0.573 e. The second kappa shape index (κ2) is 8.63. The van der Waals surface area contributed by atoms with Crippen molar-refractivity contribution in [2.24, 2.45) is 10.7 Å². The third-order valence-corrected chi connectivity index (χ3v) is 2.98. The Balaban J connectivity index is 1.82. The Labute approximate surface area is 154 Å². The molecule has 0 aliphatic carbocycles. The van der Waals surface area contributed by atoms with E-state index in [0.29, 0.717) is 5.69 Å². The van der Waals surface area contributed by atoms with Crippen LogP contribution in [0.3, 0.4) is 0 Å². The summed E-state index contributed by atoms with van der Waals surface area (Å²) in [7, 11) is 0. The molecule has 0 aliphatic heterocycles. The van der Waals surface area contributed by atoms with Gasteiger partial charge in [-0.1, -0.05) is 0 Å². The second-order valence-corrected chi connectivity index (χ2v) is 5.15. The highest BCUT2D eigenvalue weighted by Crippen LogP contribution is 2.27. The number of guanidine groups is 1. The van der Waals surface area contributed by atoms with E-state index in [1.807, 2.05) is 0 Å². The molecule has 0 saturated carbocycles. The van der Waals surface area contributed by atoms with Gasteiger partial charge in [-0.25, -0.2) is 9.97 Å². The standard InChI is InChI=1S/C15H14F6N6O/c16-14(17,18)11-5-6-24-13(27-11)25-8-7-23-12(22)26-9-1-3-10(4-2-9)28-15(19,20)21/h1-6H,7-8H2,(H3,22,23,26)(H,24,25,27). The Morgan fingerprint density at radius 3 is 2.36 bits per heavy atom. The predicted octanol–water partition coefficient (Wildman–Crippen LogP) is 3.23. The van der Waals surface area contributed by atoms with E-state index in [2.05, 4.69) is 30.3 Å². The molecule has 7 nitrogen and oxygen atoms in total. The molecule has 0 radical (unpaired) electrons. The molecule has 0 unspecified atom stereocenters. The summed E-state index contributed by atoms with van der Waals surface area (Å²) in [5.41, 5.74) is 4.92. The first-order valence-corrected chi connectivity index (χ1v) is 7.60. The van der Waals surface area contributed by atoms with Crippen molar-refractivity contribution in [3.63, 3.8) is 0 Å². The van der Waals surface area contributed by atoms with Gasteiger partial charge >= 0.3 is 12.5 Å². The van der Waals surface area contributed by atoms with Crippen molar-refractivity contribution in [3.8, 4) is 5.75 Å². The molecule has 0 atom stereocenters. The number of nitrogens with zero attached hydrogens (tertiary/aromatic N) is 3. The molecule has 0 saturated heterocycles. The maximum atomic E-state index is 12.5. The highest BCUT2D eigenvalue weighted by molar-refractivity contribution is 5.92. The van der Waals surface area contributed by atoms with Crippen LogP contribution in [0.1, 0.15) is 5.69 Å². The van der Waals surface area contributed by atoms with E-state index < -0.39 is 18.2 Å². The summed E-state index contributed by atoms with van der Waals surface area (Å²) in [5.74, 6) is -0.646. The van der Waals surface area contributed by atoms with Gasteiger partial charge in [0.1, 0.15) is 11.4 Å². The largest absolute Gasteiger partial charge is 0.573 e. The summed E-state index contributed by atoms with van der Waals surface area (Å²) in [6, 6.07) is 5.54. The van der Waals surface area contributed by atoms with Crippen molar-refractivity contribution in [2.75, 3.05) is 23.7 Å². The fourth-order valence-corrected chi connectivity index (χ4v) is 1.87. The van der Waals surface area contributed by atoms with E-state index in [-0.39, 0.29) is 30.7 Å². The van der Waals surface area contributed by atoms with E-state index in [0.717, 1.165) is 24.4 Å². The molecule has 2 rings (SSSR count). The molecule has 1 aromatic carbocycles. The molecule has 13 heteroatoms. The van der Waals surface area contributed by atoms with Crippen molar-refractivity contribution in [1.82, 2.24) is 9.97 Å². The van der Waals surface area contributed by atoms with Crippen LogP contribution < -0.4 is 21.1 Å². The second-order valence-electron chi connectivity index (χ2n) is 5.15. The number of anilines is 2. The molecule has 0 aliphatic rings. The van der Waals surface area contributed by atoms with E-state index in [1.165, 1.54) is 12.1 Å². The molecule has 4 N–H and O–H groups in total. The molecular formula is C15H14F6N6O. The Hall–Kier alpha value is -3.25. The van der Waals surface area contributed by atoms with Crippen LogP contribution in [0.25, 0.3) is 0 Å². The quantitative estimate of drug-likeness (QED) is 0.294. The fraction of sp³-hybridized carbons (Fsp3) is 0.267. The van der Waals surface area contributed by atoms with Gasteiger partial charge in [0.05, 0.1) is 6.54 Å². The van der Waals surface area contributed by atoms with Crippen molar-refractivity contribution >= 4 is 17.6 Å². The summed E-state index contributed by atoms with van der Waals surface area (Å²) >= 11 is 0. The third-order valence-electron chi connectivity index (χ3n) is 2.98. The van der Waals surface area contributed by atoms with E-state index in [4.69, 9.17) is 5.73 Å². The van der Waals surface area contributed by atoms with Gasteiger partial charge < -0.3 is 21.1 Å². The molecule has 0 spiro atoms. The first-order chi connectivity index (χ1) is 13.0. The van der Waals surface area contributed by atoms with Gasteiger partial charge in [0.25, 0.3) is 0 Å². The van der Waals surface area contributed by atoms with E-state index in [1.54, 1.807) is 0 Å². The highest BCUT2D eigenvalue weighted by atomic mass is 19.4. The predicted molar refractivity (Wildman–Crippen MR) is 88.8 cm³/mol. The number of hydrogen-bond donors (Lipinski definition) is 3. The zero-order valence-electron chi connectivity index (χ0n) is 14.0. The monoisotopic (exact) mass is 408 g/mol. The van der Waals surface area contributed by atoms with Crippen molar-refractivity contribution in [1.29, 1.82) is 0 Å². The van der Waals surface area contributed by atoms with Gasteiger partial charge in [0.2, 0.25) is 5.95 Å². The molecule has 28 heavy (non-hydrogen) atoms. The molecular weight excluding hydrogens is 394 g/mol. The van der Waals surface area contributed by atoms with Crippen molar-refractivity contribution in [2.45, 2.75) is 12.5 Å². The van der Waals surface area contributed by atoms with Crippen LogP contribution in [0.5, 0.6) is 5.75 Å². The van der Waals surface area contributed by atoms with Crippen LogP contribution in [0, 0.1) is 0 Å². The lowest BCUT2D eigenvalue weighted by atomic mass is 10.3. The number of hydrogen-bond acceptors (Lipinski definition) is 5. The number of aliphatic imine (C=N–C) groups is 1. The molecule has 0 amide bonds. The zero-order valence-corrected chi connectivity index (χ0v) is 14.0. The Morgan fingerprint density at radius 1 is 1.07 bits per heavy atom. The lowest BCUT2D eigenvalue weighted by Crippen LogP contribution is -2.24. The van der Waals surface area contributed by atoms with Crippen molar-refractivity contribution < 1.29 is 31.1 Å². The average molecular weight is 408 g/mol. The zero-order chi connectivity index (χ0) is 20.8. The van der Waals surface area contributed by atoms with Gasteiger partial charge in [-0.05, 0) is 30.3 Å². The smallest absolute Gasteiger partial charge is 0.406 e. The average Bonchev–Trinajstić information content (AvgIpc) is 2.59. The van der Waals surface area contributed by atoms with E-state index >= 15 is 0 Å². The number of rotatable bonds is 6. The summed E-state index contributed by atoms with van der Waals surface area (Å²) < 4.78 is 77.6. The normalized spacial score (nSPS) is 12.6. The van der Waals surface area contributed by atoms with Crippen molar-refractivity contribution in [3.05, 3.63) is 42.2 Å². The van der Waals surface area contributed by atoms with Gasteiger partial charge in [-0.3, -0.25) is 4.99 Å². The lowest BCUT2D eigenvalue weighted by molar-refractivity contribution is -0.274. The number of alkyl halides is 6. The van der Waals surface area contributed by atoms with Gasteiger partial charge in [0, 0.05) is 18.4 Å². The summed E-state index contributed by atoms with van der Waals surface area (Å²) in [6.07, 6.45) is -8.39. The molecule has 152 valence electrons. The molecule has 1 heterocycles. The van der Waals surface area contributed by atoms with E-state index in [9.17, 15) is 26.3 Å². The van der Waals surface area contributed by atoms with Crippen LogP contribution >= 0.6 is 0 Å². The Bertz CT molecular complexity index is 806. The number of benzene rings is 1. The van der Waals surface area contributed by atoms with Crippen LogP contribution in [0.15, 0.2) is 41.5 Å². The first-order valence-electron chi connectivity index (χ1n) is 7.60. The van der Waals surface area contributed by atoms with Crippen LogP contribution in [0.4, 0.5) is 38.0 Å². The summed E-state index contributed by atoms with van der Waals surface area (Å²) in [6.45, 7) is 0.176. The topological polar surface area (TPSA) is 97.5 Å². The maximum absolute atomic E-state index is 12.5. The SMILES string of the molecule is NC(=NCCNc1nccc(C(F)(F)F)n1)Nc1ccc(OC(F)(F)F)cc1. The van der Waals surface area contributed by atoms with Crippen LogP contribution in [-0.2, 0) is 6.18 Å². The van der Waals surface area contributed by atoms with Crippen LogP contribution in [0.2, 0.25) is 0 Å². The Kier molecular flexibility index (Phi) is 6.49. The van der Waals surface area contributed by atoms with Gasteiger partial charge in [0.15, 0.2) is 5.96 Å². The number of aromatic nitrogens is 2. The molecule has 0 bridgehead atoms. The minimum Gasteiger partial charge on any atom is -0.406 e. The third kappa shape index (κ3) is 7.17. The minimum atomic E-state index is -4.79. The van der Waals surface area contributed by atoms with Crippen LogP contribution in [-0.4, -0.2) is 35.4 Å². The summed E-state index contributed by atoms with van der Waals surface area (Å²) in [5, 5.41) is 5.21. The Morgan fingerprint density at radius 2 is 1.75 bits per heavy atom. The fourth-order valence-electron chi connectivity index (χ4n) is 1.87. The number of nitrogens with two attached hydrogens (primary N) is 1. The number of halogens is 6. The lowest BCUT2D eigenvalue weighted by Gasteiger charge is -2.10. The minimum absolute atomic E-state index is 0.0451. The number of ether oxygens (including phenoxy) is 1. The molecule has 0 fully saturated rings. The summed E-state index contributed by atoms with van der Waals surface area (Å²) in [4.78, 5) is 10.9. The number of nitrogens with one attached hydrogen (secondary N) is 2. The first kappa shape index (κ1) is 21.1.